The number of esters is 1. The van der Waals surface area contributed by atoms with Crippen LogP contribution in [0.4, 0.5) is 0 Å². The fourth-order valence-electron chi connectivity index (χ4n) is 1.91. The molecule has 1 aliphatic carbocycles. The molecule has 80 valence electrons. The largest absolute Gasteiger partial charge is 0.450 e. The van der Waals surface area contributed by atoms with Crippen LogP contribution in [0.3, 0.4) is 0 Å². The van der Waals surface area contributed by atoms with Crippen molar-refractivity contribution >= 4 is 11.8 Å². The minimum absolute atomic E-state index is 0.0565. The second-order valence-corrected chi connectivity index (χ2v) is 3.79. The maximum Gasteiger partial charge on any atom is 0.320 e. The first kappa shape index (κ1) is 11.2. The summed E-state index contributed by atoms with van der Waals surface area (Å²) >= 11 is 0. The van der Waals surface area contributed by atoms with Crippen LogP contribution in [0, 0.1) is 0 Å². The van der Waals surface area contributed by atoms with Crippen molar-refractivity contribution in [3.05, 3.63) is 0 Å². The fourth-order valence-corrected chi connectivity index (χ4v) is 1.91. The Labute approximate surface area is 83.8 Å². The van der Waals surface area contributed by atoms with Gasteiger partial charge in [0.05, 0.1) is 6.54 Å². The molecule has 0 spiro atoms. The molecule has 1 saturated carbocycles. The minimum atomic E-state index is -0.866. The third-order valence-corrected chi connectivity index (χ3v) is 2.78. The van der Waals surface area contributed by atoms with E-state index in [1.54, 1.807) is 0 Å². The van der Waals surface area contributed by atoms with Crippen LogP contribution < -0.4 is 5.73 Å². The molecular formula is C10H17NO3. The fraction of sp³-hybridized carbons (Fsp3) is 0.800. The molecule has 0 aromatic carbocycles. The Hall–Kier alpha value is -0.900. The molecule has 0 amide bonds. The van der Waals surface area contributed by atoms with E-state index < -0.39 is 11.6 Å². The van der Waals surface area contributed by atoms with E-state index in [1.807, 2.05) is 0 Å². The SMILES string of the molecule is CC(=O)C1(OC(=O)CN)CCCCC1. The molecule has 0 atom stereocenters. The zero-order chi connectivity index (χ0) is 10.6. The summed E-state index contributed by atoms with van der Waals surface area (Å²) in [5, 5.41) is 0. The summed E-state index contributed by atoms with van der Waals surface area (Å²) in [5.74, 6) is -0.541. The van der Waals surface area contributed by atoms with Crippen LogP contribution in [-0.2, 0) is 14.3 Å². The summed E-state index contributed by atoms with van der Waals surface area (Å²) in [6.45, 7) is 1.32. The Morgan fingerprint density at radius 2 is 1.86 bits per heavy atom. The second-order valence-electron chi connectivity index (χ2n) is 3.79. The predicted molar refractivity (Wildman–Crippen MR) is 51.6 cm³/mol. The molecule has 1 aliphatic rings. The number of ether oxygens (including phenoxy) is 1. The molecule has 0 aromatic heterocycles. The molecule has 2 N–H and O–H groups in total. The first-order valence-corrected chi connectivity index (χ1v) is 5.04. The molecule has 1 fully saturated rings. The summed E-state index contributed by atoms with van der Waals surface area (Å²) in [5.41, 5.74) is 4.30. The maximum absolute atomic E-state index is 11.5. The molecule has 0 aliphatic heterocycles. The predicted octanol–water partition coefficient (Wildman–Crippen LogP) is 0.780. The Kier molecular flexibility index (Phi) is 3.63. The molecule has 4 heteroatoms. The van der Waals surface area contributed by atoms with Gasteiger partial charge in [-0.25, -0.2) is 0 Å². The van der Waals surface area contributed by atoms with Crippen molar-refractivity contribution in [2.24, 2.45) is 5.73 Å². The van der Waals surface area contributed by atoms with Gasteiger partial charge in [0.1, 0.15) is 0 Å². The van der Waals surface area contributed by atoms with E-state index >= 15 is 0 Å². The summed E-state index contributed by atoms with van der Waals surface area (Å²) in [7, 11) is 0. The minimum Gasteiger partial charge on any atom is -0.450 e. The lowest BCUT2D eigenvalue weighted by molar-refractivity contribution is -0.169. The molecule has 0 unspecified atom stereocenters. The molecule has 0 bridgehead atoms. The molecular weight excluding hydrogens is 182 g/mol. The van der Waals surface area contributed by atoms with E-state index in [-0.39, 0.29) is 12.3 Å². The quantitative estimate of drug-likeness (QED) is 0.682. The van der Waals surface area contributed by atoms with E-state index in [0.717, 1.165) is 19.3 Å². The van der Waals surface area contributed by atoms with Gasteiger partial charge in [-0.2, -0.15) is 0 Å². The van der Waals surface area contributed by atoms with Gasteiger partial charge < -0.3 is 10.5 Å². The van der Waals surface area contributed by atoms with Crippen LogP contribution in [-0.4, -0.2) is 23.9 Å². The summed E-state index contributed by atoms with van der Waals surface area (Å²) in [6, 6.07) is 0. The van der Waals surface area contributed by atoms with Gasteiger partial charge in [-0.15, -0.1) is 0 Å². The highest BCUT2D eigenvalue weighted by Gasteiger charge is 2.40. The number of carbonyl (C=O) groups is 2. The Morgan fingerprint density at radius 3 is 2.29 bits per heavy atom. The van der Waals surface area contributed by atoms with Gasteiger partial charge >= 0.3 is 5.97 Å². The van der Waals surface area contributed by atoms with Gasteiger partial charge in [-0.1, -0.05) is 6.42 Å². The number of hydrogen-bond donors (Lipinski definition) is 1. The normalized spacial score (nSPS) is 20.1. The zero-order valence-electron chi connectivity index (χ0n) is 8.54. The highest BCUT2D eigenvalue weighted by molar-refractivity contribution is 5.88. The Balaban J connectivity index is 2.70. The average Bonchev–Trinajstić information content (AvgIpc) is 2.19. The van der Waals surface area contributed by atoms with E-state index in [2.05, 4.69) is 0 Å². The van der Waals surface area contributed by atoms with Crippen LogP contribution in [0.2, 0.25) is 0 Å². The number of nitrogens with two attached hydrogens (primary N) is 1. The number of rotatable bonds is 3. The van der Waals surface area contributed by atoms with E-state index in [0.29, 0.717) is 12.8 Å². The first-order valence-electron chi connectivity index (χ1n) is 5.04. The average molecular weight is 199 g/mol. The number of ketones is 1. The zero-order valence-corrected chi connectivity index (χ0v) is 8.54. The lowest BCUT2D eigenvalue weighted by Crippen LogP contribution is -2.44. The second kappa shape index (κ2) is 4.55. The first-order chi connectivity index (χ1) is 6.60. The van der Waals surface area contributed by atoms with Gasteiger partial charge in [-0.05, 0) is 32.6 Å². The van der Waals surface area contributed by atoms with Crippen molar-refractivity contribution in [2.75, 3.05) is 6.54 Å². The van der Waals surface area contributed by atoms with E-state index in [1.165, 1.54) is 6.92 Å². The molecule has 14 heavy (non-hydrogen) atoms. The lowest BCUT2D eigenvalue weighted by atomic mass is 9.82. The lowest BCUT2D eigenvalue weighted by Gasteiger charge is -2.34. The molecule has 1 rings (SSSR count). The maximum atomic E-state index is 11.5. The summed E-state index contributed by atoms with van der Waals surface area (Å²) in [6.07, 6.45) is 4.28. The third-order valence-electron chi connectivity index (χ3n) is 2.78. The van der Waals surface area contributed by atoms with Gasteiger partial charge in [0.15, 0.2) is 11.4 Å². The molecule has 4 nitrogen and oxygen atoms in total. The standard InChI is InChI=1S/C10H17NO3/c1-8(12)10(14-9(13)7-11)5-3-2-4-6-10/h2-7,11H2,1H3. The van der Waals surface area contributed by atoms with Crippen molar-refractivity contribution in [1.82, 2.24) is 0 Å². The van der Waals surface area contributed by atoms with E-state index in [4.69, 9.17) is 10.5 Å². The molecule has 0 saturated heterocycles. The Bertz CT molecular complexity index is 232. The van der Waals surface area contributed by atoms with Crippen LogP contribution >= 0.6 is 0 Å². The number of carbonyl (C=O) groups excluding carboxylic acids is 2. The monoisotopic (exact) mass is 199 g/mol. The smallest absolute Gasteiger partial charge is 0.320 e. The van der Waals surface area contributed by atoms with Crippen molar-refractivity contribution in [2.45, 2.75) is 44.6 Å². The van der Waals surface area contributed by atoms with Gasteiger partial charge in [-0.3, -0.25) is 9.59 Å². The number of Topliss-reactive ketones (excluding diaryl/α,β-unsaturated/α-hetero) is 1. The van der Waals surface area contributed by atoms with E-state index in [9.17, 15) is 9.59 Å². The van der Waals surface area contributed by atoms with Gasteiger partial charge in [0, 0.05) is 0 Å². The van der Waals surface area contributed by atoms with Gasteiger partial charge in [0.2, 0.25) is 0 Å². The van der Waals surface area contributed by atoms with Crippen molar-refractivity contribution < 1.29 is 14.3 Å². The summed E-state index contributed by atoms with van der Waals surface area (Å²) < 4.78 is 5.18. The molecule has 0 aromatic rings. The van der Waals surface area contributed by atoms with Crippen LogP contribution in [0.15, 0.2) is 0 Å². The van der Waals surface area contributed by atoms with Crippen molar-refractivity contribution in [1.29, 1.82) is 0 Å². The van der Waals surface area contributed by atoms with Crippen LogP contribution in [0.5, 0.6) is 0 Å². The third kappa shape index (κ3) is 2.32. The van der Waals surface area contributed by atoms with Gasteiger partial charge in [0.25, 0.3) is 0 Å². The van der Waals surface area contributed by atoms with Crippen LogP contribution in [0.1, 0.15) is 39.0 Å². The topological polar surface area (TPSA) is 69.4 Å². The van der Waals surface area contributed by atoms with Crippen molar-refractivity contribution in [3.8, 4) is 0 Å². The van der Waals surface area contributed by atoms with Crippen molar-refractivity contribution in [3.63, 3.8) is 0 Å². The highest BCUT2D eigenvalue weighted by atomic mass is 16.6. The summed E-state index contributed by atoms with van der Waals surface area (Å²) in [4.78, 5) is 22.5. The van der Waals surface area contributed by atoms with Crippen LogP contribution in [0.25, 0.3) is 0 Å². The molecule has 0 radical (unpaired) electrons. The molecule has 0 heterocycles. The Morgan fingerprint density at radius 1 is 1.29 bits per heavy atom. The number of hydrogen-bond acceptors (Lipinski definition) is 4. The highest BCUT2D eigenvalue weighted by Crippen LogP contribution is 2.32.